The van der Waals surface area contributed by atoms with Crippen molar-refractivity contribution in [3.63, 3.8) is 0 Å². The van der Waals surface area contributed by atoms with E-state index in [1.165, 1.54) is 25.7 Å². The van der Waals surface area contributed by atoms with E-state index in [0.29, 0.717) is 18.0 Å². The summed E-state index contributed by atoms with van der Waals surface area (Å²) in [6.07, 6.45) is 6.00. The van der Waals surface area contributed by atoms with Crippen molar-refractivity contribution < 1.29 is 5.11 Å². The number of nitrogens with one attached hydrogen (secondary N) is 1. The van der Waals surface area contributed by atoms with Crippen LogP contribution in [0.2, 0.25) is 0 Å². The van der Waals surface area contributed by atoms with Gasteiger partial charge in [-0.2, -0.15) is 0 Å². The molecule has 1 aliphatic rings. The second kappa shape index (κ2) is 6.38. The molecule has 0 amide bonds. The highest BCUT2D eigenvalue weighted by Crippen LogP contribution is 2.23. The molecule has 1 saturated carbocycles. The van der Waals surface area contributed by atoms with Crippen molar-refractivity contribution >= 4 is 0 Å². The maximum absolute atomic E-state index is 8.82. The maximum Gasteiger partial charge on any atom is 0.0445 e. The minimum atomic E-state index is 0.272. The van der Waals surface area contributed by atoms with Crippen molar-refractivity contribution in [3.8, 4) is 0 Å². The molecule has 84 valence electrons. The Kier molecular flexibility index (Phi) is 5.45. The minimum Gasteiger partial charge on any atom is -0.396 e. The third kappa shape index (κ3) is 3.56. The molecule has 1 fully saturated rings. The molecule has 0 radical (unpaired) electrons. The molecule has 0 aromatic carbocycles. The van der Waals surface area contributed by atoms with Gasteiger partial charge >= 0.3 is 0 Å². The molecular formula is C11H24N2O. The Morgan fingerprint density at radius 2 is 2.14 bits per heavy atom. The van der Waals surface area contributed by atoms with Gasteiger partial charge in [-0.1, -0.05) is 12.8 Å². The summed E-state index contributed by atoms with van der Waals surface area (Å²) in [6.45, 7) is 3.20. The lowest BCUT2D eigenvalue weighted by Gasteiger charge is -2.33. The van der Waals surface area contributed by atoms with E-state index < -0.39 is 0 Å². The maximum atomic E-state index is 8.82. The first-order chi connectivity index (χ1) is 6.77. The van der Waals surface area contributed by atoms with Gasteiger partial charge in [0.05, 0.1) is 0 Å². The molecule has 0 saturated heterocycles. The van der Waals surface area contributed by atoms with Crippen molar-refractivity contribution in [2.75, 3.05) is 13.2 Å². The molecule has 0 heterocycles. The van der Waals surface area contributed by atoms with E-state index in [0.717, 1.165) is 13.0 Å². The van der Waals surface area contributed by atoms with Gasteiger partial charge < -0.3 is 16.2 Å². The summed E-state index contributed by atoms with van der Waals surface area (Å²) in [5, 5.41) is 12.4. The van der Waals surface area contributed by atoms with E-state index in [9.17, 15) is 0 Å². The molecule has 0 spiro atoms. The van der Waals surface area contributed by atoms with Crippen molar-refractivity contribution in [1.82, 2.24) is 5.32 Å². The van der Waals surface area contributed by atoms with Crippen LogP contribution in [-0.2, 0) is 0 Å². The average molecular weight is 200 g/mol. The lowest BCUT2D eigenvalue weighted by atomic mass is 9.84. The summed E-state index contributed by atoms with van der Waals surface area (Å²) in [7, 11) is 0. The first-order valence-corrected chi connectivity index (χ1v) is 5.85. The Labute approximate surface area is 87.1 Å². The van der Waals surface area contributed by atoms with Crippen molar-refractivity contribution in [2.24, 2.45) is 11.7 Å². The molecule has 1 rings (SSSR count). The van der Waals surface area contributed by atoms with Crippen LogP contribution in [0.4, 0.5) is 0 Å². The van der Waals surface area contributed by atoms with Crippen LogP contribution < -0.4 is 11.1 Å². The smallest absolute Gasteiger partial charge is 0.0445 e. The zero-order valence-electron chi connectivity index (χ0n) is 9.21. The Morgan fingerprint density at radius 1 is 1.43 bits per heavy atom. The largest absolute Gasteiger partial charge is 0.396 e. The molecular weight excluding hydrogens is 176 g/mol. The fourth-order valence-electron chi connectivity index (χ4n) is 2.35. The lowest BCUT2D eigenvalue weighted by molar-refractivity contribution is 0.222. The van der Waals surface area contributed by atoms with Crippen LogP contribution in [0.1, 0.15) is 39.0 Å². The normalized spacial score (nSPS) is 30.2. The fourth-order valence-corrected chi connectivity index (χ4v) is 2.35. The van der Waals surface area contributed by atoms with E-state index in [-0.39, 0.29) is 6.61 Å². The zero-order chi connectivity index (χ0) is 10.4. The molecule has 4 N–H and O–H groups in total. The predicted octanol–water partition coefficient (Wildman–Crippen LogP) is 0.864. The summed E-state index contributed by atoms with van der Waals surface area (Å²) >= 11 is 0. The first-order valence-electron chi connectivity index (χ1n) is 5.85. The SMILES string of the molecule is CC(CCO)NC1CCCCC1CN. The molecule has 0 aromatic heterocycles. The van der Waals surface area contributed by atoms with Crippen LogP contribution in [0, 0.1) is 5.92 Å². The number of rotatable bonds is 5. The highest BCUT2D eigenvalue weighted by Gasteiger charge is 2.24. The number of hydrogen-bond donors (Lipinski definition) is 3. The van der Waals surface area contributed by atoms with Gasteiger partial charge in [0.15, 0.2) is 0 Å². The Balaban J connectivity index is 2.32. The molecule has 0 aliphatic heterocycles. The number of nitrogens with two attached hydrogens (primary N) is 1. The van der Waals surface area contributed by atoms with Gasteiger partial charge in [0.2, 0.25) is 0 Å². The quantitative estimate of drug-likeness (QED) is 0.617. The van der Waals surface area contributed by atoms with Crippen molar-refractivity contribution in [3.05, 3.63) is 0 Å². The molecule has 3 atom stereocenters. The highest BCUT2D eigenvalue weighted by molar-refractivity contribution is 4.83. The van der Waals surface area contributed by atoms with Gasteiger partial charge in [0.25, 0.3) is 0 Å². The second-order valence-corrected chi connectivity index (χ2v) is 4.47. The Bertz CT molecular complexity index is 152. The third-order valence-electron chi connectivity index (χ3n) is 3.27. The van der Waals surface area contributed by atoms with Gasteiger partial charge in [-0.3, -0.25) is 0 Å². The highest BCUT2D eigenvalue weighted by atomic mass is 16.3. The van der Waals surface area contributed by atoms with Crippen molar-refractivity contribution in [1.29, 1.82) is 0 Å². The van der Waals surface area contributed by atoms with Crippen molar-refractivity contribution in [2.45, 2.75) is 51.1 Å². The average Bonchev–Trinajstić information content (AvgIpc) is 2.19. The summed E-state index contributed by atoms with van der Waals surface area (Å²) in [5.41, 5.74) is 5.75. The standard InChI is InChI=1S/C11H24N2O/c1-9(6-7-14)13-11-5-3-2-4-10(11)8-12/h9-11,13-14H,2-8,12H2,1H3. The molecule has 3 nitrogen and oxygen atoms in total. The van der Waals surface area contributed by atoms with Crippen LogP contribution in [-0.4, -0.2) is 30.3 Å². The van der Waals surface area contributed by atoms with Gasteiger partial charge in [-0.25, -0.2) is 0 Å². The van der Waals surface area contributed by atoms with E-state index in [1.807, 2.05) is 0 Å². The predicted molar refractivity (Wildman–Crippen MR) is 59.1 cm³/mol. The summed E-state index contributed by atoms with van der Waals surface area (Å²) in [4.78, 5) is 0. The molecule has 1 aliphatic carbocycles. The fraction of sp³-hybridized carbons (Fsp3) is 1.00. The molecule has 0 bridgehead atoms. The van der Waals surface area contributed by atoms with Crippen LogP contribution >= 0.6 is 0 Å². The minimum absolute atomic E-state index is 0.272. The lowest BCUT2D eigenvalue weighted by Crippen LogP contribution is -2.45. The summed E-state index contributed by atoms with van der Waals surface area (Å²) in [6, 6.07) is 0.993. The topological polar surface area (TPSA) is 58.3 Å². The van der Waals surface area contributed by atoms with E-state index in [4.69, 9.17) is 10.8 Å². The van der Waals surface area contributed by atoms with Crippen LogP contribution in [0.25, 0.3) is 0 Å². The van der Waals surface area contributed by atoms with E-state index in [1.54, 1.807) is 0 Å². The van der Waals surface area contributed by atoms with Gasteiger partial charge in [-0.15, -0.1) is 0 Å². The van der Waals surface area contributed by atoms with Gasteiger partial charge in [-0.05, 0) is 38.6 Å². The van der Waals surface area contributed by atoms with Crippen LogP contribution in [0.5, 0.6) is 0 Å². The number of hydrogen-bond acceptors (Lipinski definition) is 3. The van der Waals surface area contributed by atoms with E-state index >= 15 is 0 Å². The van der Waals surface area contributed by atoms with Gasteiger partial charge in [0, 0.05) is 18.7 Å². The van der Waals surface area contributed by atoms with Crippen LogP contribution in [0.3, 0.4) is 0 Å². The summed E-state index contributed by atoms with van der Waals surface area (Å²) < 4.78 is 0. The third-order valence-corrected chi connectivity index (χ3v) is 3.27. The molecule has 3 heteroatoms. The molecule has 3 unspecified atom stereocenters. The number of aliphatic hydroxyl groups is 1. The molecule has 0 aromatic rings. The zero-order valence-corrected chi connectivity index (χ0v) is 9.21. The summed E-state index contributed by atoms with van der Waals surface area (Å²) in [5.74, 6) is 0.643. The van der Waals surface area contributed by atoms with E-state index in [2.05, 4.69) is 12.2 Å². The number of aliphatic hydroxyl groups excluding tert-OH is 1. The molecule has 14 heavy (non-hydrogen) atoms. The van der Waals surface area contributed by atoms with Crippen LogP contribution in [0.15, 0.2) is 0 Å². The second-order valence-electron chi connectivity index (χ2n) is 4.47. The Hall–Kier alpha value is -0.120. The Morgan fingerprint density at radius 3 is 2.79 bits per heavy atom. The monoisotopic (exact) mass is 200 g/mol. The first kappa shape index (κ1) is 12.0. The van der Waals surface area contributed by atoms with Gasteiger partial charge in [0.1, 0.15) is 0 Å².